The monoisotopic (exact) mass is 428 g/mol. The van der Waals surface area contributed by atoms with Gasteiger partial charge >= 0.3 is 0 Å². The van der Waals surface area contributed by atoms with Crippen molar-refractivity contribution >= 4 is 45.2 Å². The topological polar surface area (TPSA) is 0 Å². The van der Waals surface area contributed by atoms with Crippen LogP contribution in [0.1, 0.15) is 37.8 Å². The standard InChI is InChI=1S/C13H18I2/c1-10(8-14)11-5-4-6-12(7-11)13(2,3)9-15/h4-7,10H,8-9H2,1-3H3. The Morgan fingerprint density at radius 2 is 1.93 bits per heavy atom. The van der Waals surface area contributed by atoms with Gasteiger partial charge in [0.05, 0.1) is 0 Å². The van der Waals surface area contributed by atoms with Crippen LogP contribution in [0.4, 0.5) is 0 Å². The van der Waals surface area contributed by atoms with Crippen LogP contribution in [0, 0.1) is 0 Å². The molecule has 0 amide bonds. The maximum absolute atomic E-state index is 2.47. The van der Waals surface area contributed by atoms with Gasteiger partial charge in [-0.3, -0.25) is 0 Å². The van der Waals surface area contributed by atoms with E-state index < -0.39 is 0 Å². The molecular formula is C13H18I2. The predicted molar refractivity (Wildman–Crippen MR) is 85.7 cm³/mol. The molecule has 0 aliphatic rings. The maximum Gasteiger partial charge on any atom is 0.00872 e. The lowest BCUT2D eigenvalue weighted by Gasteiger charge is -2.23. The molecule has 0 bridgehead atoms. The molecule has 1 atom stereocenters. The summed E-state index contributed by atoms with van der Waals surface area (Å²) in [4.78, 5) is 0. The maximum atomic E-state index is 2.47. The van der Waals surface area contributed by atoms with Gasteiger partial charge in [0.2, 0.25) is 0 Å². The van der Waals surface area contributed by atoms with Crippen molar-refractivity contribution in [1.82, 2.24) is 0 Å². The summed E-state index contributed by atoms with van der Waals surface area (Å²) in [5.74, 6) is 0.663. The highest BCUT2D eigenvalue weighted by Gasteiger charge is 2.19. The summed E-state index contributed by atoms with van der Waals surface area (Å²) in [6.45, 7) is 6.92. The van der Waals surface area contributed by atoms with Crippen LogP contribution >= 0.6 is 45.2 Å². The second-order valence-electron chi connectivity index (χ2n) is 4.70. The second kappa shape index (κ2) is 5.84. The van der Waals surface area contributed by atoms with E-state index >= 15 is 0 Å². The number of halogens is 2. The van der Waals surface area contributed by atoms with Gasteiger partial charge in [-0.2, -0.15) is 0 Å². The van der Waals surface area contributed by atoms with Crippen LogP contribution in [-0.4, -0.2) is 8.86 Å². The summed E-state index contributed by atoms with van der Waals surface area (Å²) >= 11 is 4.93. The number of hydrogen-bond donors (Lipinski definition) is 0. The minimum Gasteiger partial charge on any atom is -0.0857 e. The van der Waals surface area contributed by atoms with Crippen LogP contribution in [0.15, 0.2) is 24.3 Å². The minimum atomic E-state index is 0.293. The van der Waals surface area contributed by atoms with Crippen LogP contribution in [0.5, 0.6) is 0 Å². The van der Waals surface area contributed by atoms with Gasteiger partial charge in [0.15, 0.2) is 0 Å². The van der Waals surface area contributed by atoms with Gasteiger partial charge in [0.1, 0.15) is 0 Å². The van der Waals surface area contributed by atoms with Crippen molar-refractivity contribution < 1.29 is 0 Å². The quantitative estimate of drug-likeness (QED) is 0.471. The zero-order chi connectivity index (χ0) is 11.5. The summed E-state index contributed by atoms with van der Waals surface area (Å²) in [5.41, 5.74) is 3.23. The average molecular weight is 428 g/mol. The van der Waals surface area contributed by atoms with Crippen molar-refractivity contribution in [2.45, 2.75) is 32.1 Å². The molecule has 0 heterocycles. The number of rotatable bonds is 4. The van der Waals surface area contributed by atoms with Gasteiger partial charge in [0.25, 0.3) is 0 Å². The molecule has 0 aromatic heterocycles. The molecule has 0 N–H and O–H groups in total. The lowest BCUT2D eigenvalue weighted by atomic mass is 9.85. The van der Waals surface area contributed by atoms with E-state index in [1.54, 1.807) is 0 Å². The van der Waals surface area contributed by atoms with Crippen LogP contribution in [0.2, 0.25) is 0 Å². The molecule has 0 aliphatic carbocycles. The molecule has 0 saturated heterocycles. The highest BCUT2D eigenvalue weighted by molar-refractivity contribution is 14.1. The first-order chi connectivity index (χ1) is 7.01. The molecule has 0 aliphatic heterocycles. The normalized spacial score (nSPS) is 13.9. The van der Waals surface area contributed by atoms with E-state index in [2.05, 4.69) is 90.2 Å². The molecule has 0 nitrogen and oxygen atoms in total. The number of alkyl halides is 2. The van der Waals surface area contributed by atoms with Crippen LogP contribution < -0.4 is 0 Å². The van der Waals surface area contributed by atoms with E-state index in [9.17, 15) is 0 Å². The smallest absolute Gasteiger partial charge is 0.00872 e. The molecule has 84 valence electrons. The SMILES string of the molecule is CC(CI)c1cccc(C(C)(C)CI)c1. The Morgan fingerprint density at radius 3 is 2.47 bits per heavy atom. The number of hydrogen-bond acceptors (Lipinski definition) is 0. The van der Waals surface area contributed by atoms with Crippen LogP contribution in [-0.2, 0) is 5.41 Å². The van der Waals surface area contributed by atoms with Gasteiger partial charge in [-0.1, -0.05) is 90.2 Å². The Hall–Kier alpha value is 0.680. The second-order valence-corrected chi connectivity index (χ2v) is 6.34. The van der Waals surface area contributed by atoms with E-state index in [1.807, 2.05) is 0 Å². The molecule has 0 spiro atoms. The van der Waals surface area contributed by atoms with Gasteiger partial charge in [0, 0.05) is 8.86 Å². The zero-order valence-corrected chi connectivity index (χ0v) is 13.9. The van der Waals surface area contributed by atoms with Gasteiger partial charge in [-0.15, -0.1) is 0 Å². The Kier molecular flexibility index (Phi) is 5.36. The van der Waals surface area contributed by atoms with Crippen molar-refractivity contribution in [1.29, 1.82) is 0 Å². The summed E-state index contributed by atoms with van der Waals surface area (Å²) in [7, 11) is 0. The van der Waals surface area contributed by atoms with Crippen LogP contribution in [0.3, 0.4) is 0 Å². The predicted octanol–water partition coefficient (Wildman–Crippen LogP) is 4.94. The molecule has 1 aromatic carbocycles. The van der Waals surface area contributed by atoms with Crippen molar-refractivity contribution in [2.24, 2.45) is 0 Å². The molecule has 0 radical (unpaired) electrons. The van der Waals surface area contributed by atoms with E-state index in [-0.39, 0.29) is 0 Å². The Balaban J connectivity index is 3.02. The van der Waals surface area contributed by atoms with Crippen LogP contribution in [0.25, 0.3) is 0 Å². The fourth-order valence-electron chi connectivity index (χ4n) is 1.43. The molecule has 2 heteroatoms. The molecule has 1 aromatic rings. The third kappa shape index (κ3) is 3.58. The molecule has 0 fully saturated rings. The first-order valence-electron chi connectivity index (χ1n) is 5.23. The molecular weight excluding hydrogens is 410 g/mol. The average Bonchev–Trinajstić information content (AvgIpc) is 2.28. The summed E-state index contributed by atoms with van der Waals surface area (Å²) < 4.78 is 2.35. The Labute approximate surface area is 121 Å². The first-order valence-corrected chi connectivity index (χ1v) is 8.28. The summed E-state index contributed by atoms with van der Waals surface area (Å²) in [6, 6.07) is 9.07. The van der Waals surface area contributed by atoms with Gasteiger partial charge in [-0.05, 0) is 22.5 Å². The molecule has 1 unspecified atom stereocenters. The Morgan fingerprint density at radius 1 is 1.27 bits per heavy atom. The summed E-state index contributed by atoms with van der Waals surface area (Å²) in [5, 5.41) is 0. The van der Waals surface area contributed by atoms with E-state index in [4.69, 9.17) is 0 Å². The molecule has 1 rings (SSSR count). The van der Waals surface area contributed by atoms with Gasteiger partial charge < -0.3 is 0 Å². The van der Waals surface area contributed by atoms with E-state index in [1.165, 1.54) is 15.6 Å². The number of benzene rings is 1. The summed E-state index contributed by atoms with van der Waals surface area (Å²) in [6.07, 6.45) is 0. The zero-order valence-electron chi connectivity index (χ0n) is 9.56. The Bertz CT molecular complexity index is 318. The van der Waals surface area contributed by atoms with E-state index in [0.29, 0.717) is 11.3 Å². The van der Waals surface area contributed by atoms with Crippen molar-refractivity contribution in [3.05, 3.63) is 35.4 Å². The fourth-order valence-corrected chi connectivity index (χ4v) is 2.38. The highest BCUT2D eigenvalue weighted by atomic mass is 127. The first kappa shape index (κ1) is 13.7. The fraction of sp³-hybridized carbons (Fsp3) is 0.538. The highest BCUT2D eigenvalue weighted by Crippen LogP contribution is 2.28. The van der Waals surface area contributed by atoms with Gasteiger partial charge in [-0.25, -0.2) is 0 Å². The largest absolute Gasteiger partial charge is 0.0857 e. The van der Waals surface area contributed by atoms with Crippen molar-refractivity contribution in [3.8, 4) is 0 Å². The third-order valence-electron chi connectivity index (χ3n) is 2.80. The molecule has 15 heavy (non-hydrogen) atoms. The minimum absolute atomic E-state index is 0.293. The molecule has 0 saturated carbocycles. The third-order valence-corrected chi connectivity index (χ3v) is 6.03. The lowest BCUT2D eigenvalue weighted by Crippen LogP contribution is -2.19. The van der Waals surface area contributed by atoms with Crippen molar-refractivity contribution in [3.63, 3.8) is 0 Å². The van der Waals surface area contributed by atoms with Crippen molar-refractivity contribution in [2.75, 3.05) is 8.86 Å². The van der Waals surface area contributed by atoms with E-state index in [0.717, 1.165) is 4.43 Å². The lowest BCUT2D eigenvalue weighted by molar-refractivity contribution is 0.610.